The molecule has 0 aromatic heterocycles. The fourth-order valence-electron chi connectivity index (χ4n) is 3.13. The topological polar surface area (TPSA) is 29.5 Å². The number of nitrogens with zero attached hydrogens (tertiary/aromatic N) is 1. The minimum atomic E-state index is -2.61. The van der Waals surface area contributed by atoms with Gasteiger partial charge in [-0.05, 0) is 42.2 Å². The van der Waals surface area contributed by atoms with Gasteiger partial charge in [-0.3, -0.25) is 4.79 Å². The highest BCUT2D eigenvalue weighted by Crippen LogP contribution is 2.37. The molecule has 1 aliphatic carbocycles. The van der Waals surface area contributed by atoms with Crippen molar-refractivity contribution in [2.45, 2.75) is 44.3 Å². The van der Waals surface area contributed by atoms with Crippen LogP contribution in [-0.2, 0) is 17.8 Å². The lowest BCUT2D eigenvalue weighted by Crippen LogP contribution is -2.34. The van der Waals surface area contributed by atoms with E-state index in [9.17, 15) is 13.6 Å². The van der Waals surface area contributed by atoms with Gasteiger partial charge in [-0.25, -0.2) is 8.78 Å². The summed E-state index contributed by atoms with van der Waals surface area (Å²) in [5.41, 5.74) is 2.20. The zero-order valence-corrected chi connectivity index (χ0v) is 12.4. The fraction of sp³-hybridized carbons (Fsp3) is 0.471. The molecule has 1 aromatic carbocycles. The van der Waals surface area contributed by atoms with Crippen molar-refractivity contribution >= 4 is 5.91 Å². The van der Waals surface area contributed by atoms with Crippen molar-refractivity contribution in [2.24, 2.45) is 0 Å². The summed E-state index contributed by atoms with van der Waals surface area (Å²) in [4.78, 5) is 13.4. The number of benzene rings is 1. The van der Waals surface area contributed by atoms with E-state index < -0.39 is 12.0 Å². The van der Waals surface area contributed by atoms with Crippen LogP contribution in [0.25, 0.3) is 0 Å². The normalized spacial score (nSPS) is 23.0. The van der Waals surface area contributed by atoms with E-state index in [1.807, 2.05) is 18.2 Å². The number of hydrogen-bond acceptors (Lipinski definition) is 2. The number of amides is 1. The first kappa shape index (κ1) is 15.0. The van der Waals surface area contributed by atoms with Gasteiger partial charge in [-0.1, -0.05) is 12.6 Å². The molecule has 1 unspecified atom stereocenters. The van der Waals surface area contributed by atoms with Crippen molar-refractivity contribution in [2.75, 3.05) is 6.54 Å². The Morgan fingerprint density at radius 2 is 2.23 bits per heavy atom. The molecule has 3 rings (SSSR count). The Labute approximate surface area is 128 Å². The number of hydrogen-bond donors (Lipinski definition) is 0. The second kappa shape index (κ2) is 5.71. The number of ether oxygens (including phenoxy) is 1. The predicted octanol–water partition coefficient (Wildman–Crippen LogP) is 3.32. The molecule has 22 heavy (non-hydrogen) atoms. The van der Waals surface area contributed by atoms with Crippen molar-refractivity contribution in [1.82, 2.24) is 4.90 Å². The van der Waals surface area contributed by atoms with Gasteiger partial charge >= 0.3 is 0 Å². The first-order valence-corrected chi connectivity index (χ1v) is 7.54. The van der Waals surface area contributed by atoms with Gasteiger partial charge in [0, 0.05) is 25.9 Å². The molecule has 118 valence electrons. The number of halogens is 2. The molecule has 1 atom stereocenters. The van der Waals surface area contributed by atoms with Crippen LogP contribution in [0.5, 0.6) is 5.75 Å². The van der Waals surface area contributed by atoms with E-state index in [1.165, 1.54) is 11.6 Å². The Kier molecular flexibility index (Phi) is 3.89. The quantitative estimate of drug-likeness (QED) is 0.802. The van der Waals surface area contributed by atoms with E-state index in [2.05, 4.69) is 6.58 Å². The van der Waals surface area contributed by atoms with Crippen LogP contribution in [0.15, 0.2) is 30.9 Å². The Morgan fingerprint density at radius 3 is 2.91 bits per heavy atom. The molecular formula is C17H19F2NO2. The van der Waals surface area contributed by atoms with Crippen LogP contribution in [0.4, 0.5) is 8.78 Å². The van der Waals surface area contributed by atoms with Crippen molar-refractivity contribution in [3.05, 3.63) is 42.0 Å². The van der Waals surface area contributed by atoms with Gasteiger partial charge in [0.15, 0.2) is 0 Å². The van der Waals surface area contributed by atoms with Crippen LogP contribution in [0.2, 0.25) is 0 Å². The average molecular weight is 307 g/mol. The summed E-state index contributed by atoms with van der Waals surface area (Å²) in [6.07, 6.45) is 1.73. The maximum atomic E-state index is 13.2. The summed E-state index contributed by atoms with van der Waals surface area (Å²) in [7, 11) is 0. The summed E-state index contributed by atoms with van der Waals surface area (Å²) >= 11 is 0. The molecule has 1 heterocycles. The molecular weight excluding hydrogens is 288 g/mol. The minimum Gasteiger partial charge on any atom is -0.490 e. The maximum absolute atomic E-state index is 13.2. The molecule has 1 fully saturated rings. The fourth-order valence-corrected chi connectivity index (χ4v) is 3.13. The maximum Gasteiger partial charge on any atom is 0.251 e. The Morgan fingerprint density at radius 1 is 1.41 bits per heavy atom. The molecule has 3 nitrogen and oxygen atoms in total. The number of fused-ring (bicyclic) bond motifs is 1. The highest BCUT2D eigenvalue weighted by atomic mass is 19.3. The van der Waals surface area contributed by atoms with E-state index in [4.69, 9.17) is 4.74 Å². The van der Waals surface area contributed by atoms with Gasteiger partial charge in [0.05, 0.1) is 0 Å². The van der Waals surface area contributed by atoms with Crippen molar-refractivity contribution in [3.63, 3.8) is 0 Å². The zero-order chi connectivity index (χ0) is 15.7. The largest absolute Gasteiger partial charge is 0.490 e. The first-order chi connectivity index (χ1) is 10.5. The van der Waals surface area contributed by atoms with Crippen LogP contribution >= 0.6 is 0 Å². The highest BCUT2D eigenvalue weighted by Gasteiger charge is 2.40. The first-order valence-electron chi connectivity index (χ1n) is 7.54. The van der Waals surface area contributed by atoms with E-state index in [0.29, 0.717) is 25.3 Å². The molecule has 0 radical (unpaired) electrons. The molecule has 1 aliphatic heterocycles. The molecule has 0 bridgehead atoms. The Balaban J connectivity index is 1.71. The van der Waals surface area contributed by atoms with E-state index in [1.54, 1.807) is 4.90 Å². The SMILES string of the molecule is C=CC(=O)N1CCc2ccc(OC3CCC(F)(F)C3)cc2C1. The molecule has 0 spiro atoms. The third-order valence-electron chi connectivity index (χ3n) is 4.34. The molecule has 0 saturated heterocycles. The van der Waals surface area contributed by atoms with Gasteiger partial charge < -0.3 is 9.64 Å². The van der Waals surface area contributed by atoms with Gasteiger partial charge in [0.2, 0.25) is 5.91 Å². The molecule has 1 amide bonds. The lowest BCUT2D eigenvalue weighted by Gasteiger charge is -2.28. The van der Waals surface area contributed by atoms with Gasteiger partial charge in [-0.15, -0.1) is 0 Å². The summed E-state index contributed by atoms with van der Waals surface area (Å²) in [5.74, 6) is -2.09. The molecule has 1 saturated carbocycles. The summed E-state index contributed by atoms with van der Waals surface area (Å²) in [6.45, 7) is 4.69. The van der Waals surface area contributed by atoms with Crippen molar-refractivity contribution in [1.29, 1.82) is 0 Å². The molecule has 1 aromatic rings. The van der Waals surface area contributed by atoms with E-state index >= 15 is 0 Å². The summed E-state index contributed by atoms with van der Waals surface area (Å²) in [5, 5.41) is 0. The van der Waals surface area contributed by atoms with Crippen LogP contribution < -0.4 is 4.74 Å². The number of rotatable bonds is 3. The van der Waals surface area contributed by atoms with Crippen LogP contribution in [0.3, 0.4) is 0 Å². The monoisotopic (exact) mass is 307 g/mol. The molecule has 2 aliphatic rings. The Bertz CT molecular complexity index is 600. The van der Waals surface area contributed by atoms with Crippen molar-refractivity contribution < 1.29 is 18.3 Å². The standard InChI is InChI=1S/C17H19F2NO2/c1-2-16(21)20-8-6-12-3-4-14(9-13(12)11-20)22-15-5-7-17(18,19)10-15/h2-4,9,15H,1,5-8,10-11H2. The van der Waals surface area contributed by atoms with E-state index in [0.717, 1.165) is 12.0 Å². The van der Waals surface area contributed by atoms with Crippen LogP contribution in [-0.4, -0.2) is 29.4 Å². The smallest absolute Gasteiger partial charge is 0.251 e. The molecule has 5 heteroatoms. The zero-order valence-electron chi connectivity index (χ0n) is 12.4. The molecule has 0 N–H and O–H groups in total. The van der Waals surface area contributed by atoms with Crippen molar-refractivity contribution in [3.8, 4) is 5.75 Å². The van der Waals surface area contributed by atoms with Gasteiger partial charge in [-0.2, -0.15) is 0 Å². The summed E-state index contributed by atoms with van der Waals surface area (Å²) in [6, 6.07) is 5.67. The van der Waals surface area contributed by atoms with Crippen LogP contribution in [0.1, 0.15) is 30.4 Å². The minimum absolute atomic E-state index is 0.0904. The number of carbonyl (C=O) groups is 1. The second-order valence-electron chi connectivity index (χ2n) is 5.98. The number of carbonyl (C=O) groups excluding carboxylic acids is 1. The summed E-state index contributed by atoms with van der Waals surface area (Å²) < 4.78 is 32.1. The van der Waals surface area contributed by atoms with Gasteiger partial charge in [0.1, 0.15) is 11.9 Å². The highest BCUT2D eigenvalue weighted by molar-refractivity contribution is 5.87. The second-order valence-corrected chi connectivity index (χ2v) is 5.98. The van der Waals surface area contributed by atoms with Crippen LogP contribution in [0, 0.1) is 0 Å². The van der Waals surface area contributed by atoms with Gasteiger partial charge in [0.25, 0.3) is 5.92 Å². The third-order valence-corrected chi connectivity index (χ3v) is 4.34. The number of alkyl halides is 2. The lowest BCUT2D eigenvalue weighted by atomic mass is 9.99. The predicted molar refractivity (Wildman–Crippen MR) is 79.0 cm³/mol. The average Bonchev–Trinajstić information content (AvgIpc) is 2.84. The third kappa shape index (κ3) is 3.13. The lowest BCUT2D eigenvalue weighted by molar-refractivity contribution is -0.126. The Hall–Kier alpha value is -1.91. The van der Waals surface area contributed by atoms with E-state index in [-0.39, 0.29) is 18.7 Å².